The molecule has 1 aromatic heterocycles. The average molecular weight is 380 g/mol. The summed E-state index contributed by atoms with van der Waals surface area (Å²) in [6.45, 7) is 7.96. The summed E-state index contributed by atoms with van der Waals surface area (Å²) in [6.07, 6.45) is 0. The molecule has 3 aromatic rings. The van der Waals surface area contributed by atoms with E-state index in [-0.39, 0.29) is 18.2 Å². The lowest BCUT2D eigenvalue weighted by atomic mass is 10.1. The molecule has 0 spiro atoms. The summed E-state index contributed by atoms with van der Waals surface area (Å²) in [5.74, 6) is 1.48. The first-order valence-electron chi connectivity index (χ1n) is 9.00. The van der Waals surface area contributed by atoms with Crippen LogP contribution < -0.4 is 14.8 Å². The first kappa shape index (κ1) is 19.5. The van der Waals surface area contributed by atoms with E-state index in [1.165, 1.54) is 5.56 Å². The van der Waals surface area contributed by atoms with Crippen LogP contribution in [0.2, 0.25) is 0 Å². The smallest absolute Gasteiger partial charge is 0.278 e. The van der Waals surface area contributed by atoms with Crippen LogP contribution in [0.3, 0.4) is 0 Å². The third-order valence-corrected chi connectivity index (χ3v) is 4.66. The Balaban J connectivity index is 1.79. The van der Waals surface area contributed by atoms with Crippen molar-refractivity contribution < 1.29 is 18.8 Å². The van der Waals surface area contributed by atoms with E-state index in [1.54, 1.807) is 14.0 Å². The number of rotatable bonds is 6. The second kappa shape index (κ2) is 8.17. The van der Waals surface area contributed by atoms with Crippen LogP contribution in [0.4, 0.5) is 5.69 Å². The fourth-order valence-electron chi connectivity index (χ4n) is 2.80. The quantitative estimate of drug-likeness (QED) is 0.668. The summed E-state index contributed by atoms with van der Waals surface area (Å²) >= 11 is 0. The number of aryl methyl sites for hydroxylation is 4. The maximum Gasteiger partial charge on any atom is 0.278 e. The van der Waals surface area contributed by atoms with Crippen molar-refractivity contribution in [2.75, 3.05) is 12.4 Å². The monoisotopic (exact) mass is 380 g/mol. The summed E-state index contributed by atoms with van der Waals surface area (Å²) in [4.78, 5) is 12.8. The third kappa shape index (κ3) is 4.17. The van der Waals surface area contributed by atoms with Gasteiger partial charge in [0.25, 0.3) is 5.91 Å². The molecule has 146 valence electrons. The van der Waals surface area contributed by atoms with Crippen molar-refractivity contribution in [1.29, 1.82) is 0 Å². The predicted molar refractivity (Wildman–Crippen MR) is 107 cm³/mol. The Kier molecular flexibility index (Phi) is 5.68. The fraction of sp³-hybridized carbons (Fsp3) is 0.273. The van der Waals surface area contributed by atoms with Gasteiger partial charge in [-0.05, 0) is 68.7 Å². The van der Waals surface area contributed by atoms with Crippen molar-refractivity contribution in [3.8, 4) is 11.5 Å². The average Bonchev–Trinajstić information content (AvgIpc) is 3.03. The molecular formula is C22H24N2O4. The molecule has 6 heteroatoms. The number of carbonyl (C=O) groups is 1. The second-order valence-corrected chi connectivity index (χ2v) is 6.76. The van der Waals surface area contributed by atoms with E-state index in [9.17, 15) is 4.79 Å². The van der Waals surface area contributed by atoms with Gasteiger partial charge in [0, 0.05) is 0 Å². The van der Waals surface area contributed by atoms with E-state index in [0.29, 0.717) is 22.8 Å². The van der Waals surface area contributed by atoms with Gasteiger partial charge in [0.2, 0.25) is 0 Å². The zero-order chi connectivity index (χ0) is 20.3. The van der Waals surface area contributed by atoms with Gasteiger partial charge in [-0.3, -0.25) is 4.79 Å². The minimum atomic E-state index is -0.376. The Morgan fingerprint density at radius 2 is 1.86 bits per heavy atom. The van der Waals surface area contributed by atoms with Crippen molar-refractivity contribution in [1.82, 2.24) is 5.16 Å². The van der Waals surface area contributed by atoms with Crippen LogP contribution in [0.5, 0.6) is 11.5 Å². The van der Waals surface area contributed by atoms with Crippen LogP contribution in [-0.2, 0) is 6.61 Å². The molecule has 0 radical (unpaired) electrons. The molecule has 0 saturated heterocycles. The van der Waals surface area contributed by atoms with Crippen LogP contribution in [0.25, 0.3) is 0 Å². The van der Waals surface area contributed by atoms with Gasteiger partial charge < -0.3 is 19.3 Å². The molecule has 1 amide bonds. The normalized spacial score (nSPS) is 10.6. The summed E-state index contributed by atoms with van der Waals surface area (Å²) in [5, 5.41) is 6.77. The lowest BCUT2D eigenvalue weighted by molar-refractivity contribution is 0.101. The molecule has 1 N–H and O–H groups in total. The zero-order valence-corrected chi connectivity index (χ0v) is 16.8. The number of ether oxygens (including phenoxy) is 2. The van der Waals surface area contributed by atoms with Gasteiger partial charge in [0.05, 0.1) is 18.4 Å². The maximum atomic E-state index is 12.8. The number of nitrogens with one attached hydrogen (secondary N) is 1. The van der Waals surface area contributed by atoms with Crippen LogP contribution in [0, 0.1) is 27.7 Å². The molecule has 0 saturated carbocycles. The number of anilines is 1. The first-order chi connectivity index (χ1) is 13.4. The maximum absolute atomic E-state index is 12.8. The van der Waals surface area contributed by atoms with Gasteiger partial charge in [0.15, 0.2) is 5.69 Å². The predicted octanol–water partition coefficient (Wildman–Crippen LogP) is 4.75. The third-order valence-electron chi connectivity index (χ3n) is 4.66. The van der Waals surface area contributed by atoms with Gasteiger partial charge in [-0.1, -0.05) is 17.3 Å². The zero-order valence-electron chi connectivity index (χ0n) is 16.8. The fourth-order valence-corrected chi connectivity index (χ4v) is 2.80. The standard InChI is InChI=1S/C22H24N2O4/c1-13-6-9-20(26-5)19(10-13)23-22(25)21-18(16(4)28-24-21)12-27-17-8-7-14(2)15(3)11-17/h6-11H,12H2,1-5H3,(H,23,25). The Morgan fingerprint density at radius 1 is 1.07 bits per heavy atom. The molecule has 0 unspecified atom stereocenters. The SMILES string of the molecule is COc1ccc(C)cc1NC(=O)c1noc(C)c1COc1ccc(C)c(C)c1. The largest absolute Gasteiger partial charge is 0.495 e. The number of benzene rings is 2. The number of aromatic nitrogens is 1. The van der Waals surface area contributed by atoms with Crippen molar-refractivity contribution in [2.45, 2.75) is 34.3 Å². The number of nitrogens with zero attached hydrogens (tertiary/aromatic N) is 1. The van der Waals surface area contributed by atoms with Crippen LogP contribution in [0.15, 0.2) is 40.9 Å². The molecular weight excluding hydrogens is 356 g/mol. The molecule has 0 bridgehead atoms. The topological polar surface area (TPSA) is 73.6 Å². The molecule has 28 heavy (non-hydrogen) atoms. The van der Waals surface area contributed by atoms with Crippen LogP contribution in [0.1, 0.15) is 38.5 Å². The number of carbonyl (C=O) groups excluding carboxylic acids is 1. The molecule has 0 aliphatic rings. The van der Waals surface area contributed by atoms with Crippen LogP contribution >= 0.6 is 0 Å². The molecule has 2 aromatic carbocycles. The van der Waals surface area contributed by atoms with Crippen molar-refractivity contribution in [3.63, 3.8) is 0 Å². The lowest BCUT2D eigenvalue weighted by Gasteiger charge is -2.11. The van der Waals surface area contributed by atoms with E-state index >= 15 is 0 Å². The Hall–Kier alpha value is -3.28. The van der Waals surface area contributed by atoms with Gasteiger partial charge in [-0.2, -0.15) is 0 Å². The molecule has 1 heterocycles. The molecule has 0 aliphatic heterocycles. The first-order valence-corrected chi connectivity index (χ1v) is 9.00. The van der Waals surface area contributed by atoms with E-state index < -0.39 is 0 Å². The Morgan fingerprint density at radius 3 is 2.57 bits per heavy atom. The minimum Gasteiger partial charge on any atom is -0.495 e. The van der Waals surface area contributed by atoms with E-state index in [0.717, 1.165) is 16.9 Å². The van der Waals surface area contributed by atoms with Crippen LogP contribution in [-0.4, -0.2) is 18.2 Å². The minimum absolute atomic E-state index is 0.186. The van der Waals surface area contributed by atoms with Gasteiger partial charge in [-0.25, -0.2) is 0 Å². The Labute approximate surface area is 164 Å². The van der Waals surface area contributed by atoms with Crippen molar-refractivity contribution in [2.24, 2.45) is 0 Å². The van der Waals surface area contributed by atoms with Crippen molar-refractivity contribution >= 4 is 11.6 Å². The molecule has 6 nitrogen and oxygen atoms in total. The second-order valence-electron chi connectivity index (χ2n) is 6.76. The van der Waals surface area contributed by atoms with E-state index in [4.69, 9.17) is 14.0 Å². The van der Waals surface area contributed by atoms with Gasteiger partial charge >= 0.3 is 0 Å². The summed E-state index contributed by atoms with van der Waals surface area (Å²) in [7, 11) is 1.56. The summed E-state index contributed by atoms with van der Waals surface area (Å²) in [6, 6.07) is 11.4. The molecule has 3 rings (SSSR count). The Bertz CT molecular complexity index is 1010. The summed E-state index contributed by atoms with van der Waals surface area (Å²) < 4.78 is 16.4. The number of methoxy groups -OCH3 is 1. The highest BCUT2D eigenvalue weighted by atomic mass is 16.5. The summed E-state index contributed by atoms with van der Waals surface area (Å²) in [5.41, 5.74) is 4.73. The molecule has 0 fully saturated rings. The molecule has 0 atom stereocenters. The number of hydrogen-bond donors (Lipinski definition) is 1. The van der Waals surface area contributed by atoms with Gasteiger partial charge in [0.1, 0.15) is 23.9 Å². The highest BCUT2D eigenvalue weighted by Gasteiger charge is 2.21. The van der Waals surface area contributed by atoms with E-state index in [2.05, 4.69) is 10.5 Å². The molecule has 0 aliphatic carbocycles. The highest BCUT2D eigenvalue weighted by molar-refractivity contribution is 6.04. The van der Waals surface area contributed by atoms with E-state index in [1.807, 2.05) is 57.2 Å². The lowest BCUT2D eigenvalue weighted by Crippen LogP contribution is -2.16. The van der Waals surface area contributed by atoms with Crippen molar-refractivity contribution in [3.05, 3.63) is 70.1 Å². The van der Waals surface area contributed by atoms with Gasteiger partial charge in [-0.15, -0.1) is 0 Å². The number of hydrogen-bond acceptors (Lipinski definition) is 5. The number of amides is 1. The highest BCUT2D eigenvalue weighted by Crippen LogP contribution is 2.27.